The predicted octanol–water partition coefficient (Wildman–Crippen LogP) is 3.03. The van der Waals surface area contributed by atoms with Crippen LogP contribution in [0, 0.1) is 6.92 Å². The molecule has 2 N–H and O–H groups in total. The molecule has 0 amide bonds. The molecule has 5 heteroatoms. The Morgan fingerprint density at radius 2 is 2.00 bits per heavy atom. The molecule has 0 saturated carbocycles. The molecule has 17 heavy (non-hydrogen) atoms. The van der Waals surface area contributed by atoms with Gasteiger partial charge < -0.3 is 10.3 Å². The molecule has 3 nitrogen and oxygen atoms in total. The van der Waals surface area contributed by atoms with Gasteiger partial charge in [0, 0.05) is 18.0 Å². The summed E-state index contributed by atoms with van der Waals surface area (Å²) in [6, 6.07) is 6.77. The monoisotopic (exact) mass is 268 g/mol. The summed E-state index contributed by atoms with van der Waals surface area (Å²) in [4.78, 5) is 11.4. The molecule has 1 aromatic heterocycles. The van der Waals surface area contributed by atoms with Crippen molar-refractivity contribution in [1.29, 1.82) is 0 Å². The van der Waals surface area contributed by atoms with E-state index in [2.05, 4.69) is 0 Å². The molecule has 0 saturated heterocycles. The summed E-state index contributed by atoms with van der Waals surface area (Å²) in [7, 11) is 0. The van der Waals surface area contributed by atoms with Gasteiger partial charge in [-0.2, -0.15) is 0 Å². The van der Waals surface area contributed by atoms with Crippen molar-refractivity contribution in [1.82, 2.24) is 4.57 Å². The highest BCUT2D eigenvalue weighted by Crippen LogP contribution is 2.29. The molecule has 0 atom stereocenters. The van der Waals surface area contributed by atoms with Gasteiger partial charge in [-0.15, -0.1) is 0 Å². The van der Waals surface area contributed by atoms with E-state index < -0.39 is 0 Å². The fourth-order valence-corrected chi connectivity index (χ4v) is 1.97. The zero-order valence-electron chi connectivity index (χ0n) is 9.08. The largest absolute Gasteiger partial charge is 0.394 e. The number of nitrogen functional groups attached to an aromatic ring is 1. The Hall–Kier alpha value is -1.45. The molecule has 2 aromatic rings. The molecule has 0 aliphatic rings. The normalized spacial score (nSPS) is 10.5. The van der Waals surface area contributed by atoms with Gasteiger partial charge in [0.15, 0.2) is 0 Å². The summed E-state index contributed by atoms with van der Waals surface area (Å²) < 4.78 is 1.74. The van der Waals surface area contributed by atoms with Crippen LogP contribution in [0.25, 0.3) is 5.69 Å². The Labute approximate surface area is 108 Å². The molecule has 2 rings (SSSR count). The van der Waals surface area contributed by atoms with Gasteiger partial charge in [0.2, 0.25) is 5.43 Å². The summed E-state index contributed by atoms with van der Waals surface area (Å²) in [5, 5.41) is 0.890. The van der Waals surface area contributed by atoms with Crippen LogP contribution in [0.1, 0.15) is 5.69 Å². The van der Waals surface area contributed by atoms with Crippen LogP contribution in [0.2, 0.25) is 10.0 Å². The summed E-state index contributed by atoms with van der Waals surface area (Å²) in [6.07, 6.45) is 1.55. The van der Waals surface area contributed by atoms with Crippen molar-refractivity contribution in [2.75, 3.05) is 5.73 Å². The second-order valence-corrected chi connectivity index (χ2v) is 4.46. The summed E-state index contributed by atoms with van der Waals surface area (Å²) in [6.45, 7) is 1.80. The highest BCUT2D eigenvalue weighted by molar-refractivity contribution is 6.43. The second kappa shape index (κ2) is 4.43. The van der Waals surface area contributed by atoms with Crippen molar-refractivity contribution >= 4 is 28.9 Å². The lowest BCUT2D eigenvalue weighted by Crippen LogP contribution is -2.13. The number of nitrogens with two attached hydrogens (primary N) is 1. The number of rotatable bonds is 1. The van der Waals surface area contributed by atoms with E-state index in [1.54, 1.807) is 29.8 Å². The standard InChI is InChI=1S/C12H10Cl2N2O/c1-7-5-11(17)9(15)6-16(7)10-4-2-3-8(13)12(10)14/h2-6H,15H2,1H3. The Morgan fingerprint density at radius 1 is 1.29 bits per heavy atom. The number of aromatic nitrogens is 1. The van der Waals surface area contributed by atoms with E-state index in [0.29, 0.717) is 15.7 Å². The van der Waals surface area contributed by atoms with Crippen molar-refractivity contribution in [2.24, 2.45) is 0 Å². The van der Waals surface area contributed by atoms with Crippen LogP contribution in [0.15, 0.2) is 35.3 Å². The van der Waals surface area contributed by atoms with Gasteiger partial charge in [-0.3, -0.25) is 4.79 Å². The van der Waals surface area contributed by atoms with E-state index in [1.807, 2.05) is 6.07 Å². The van der Waals surface area contributed by atoms with Crippen molar-refractivity contribution in [2.45, 2.75) is 6.92 Å². The molecule has 0 aliphatic heterocycles. The van der Waals surface area contributed by atoms with E-state index in [4.69, 9.17) is 28.9 Å². The third kappa shape index (κ3) is 2.16. The van der Waals surface area contributed by atoms with Crippen LogP contribution >= 0.6 is 23.2 Å². The van der Waals surface area contributed by atoms with Gasteiger partial charge in [-0.05, 0) is 19.1 Å². The van der Waals surface area contributed by atoms with Crippen molar-refractivity contribution in [3.05, 3.63) is 56.4 Å². The predicted molar refractivity (Wildman–Crippen MR) is 71.2 cm³/mol. The SMILES string of the molecule is Cc1cc(=O)c(N)cn1-c1cccc(Cl)c1Cl. The number of pyridine rings is 1. The van der Waals surface area contributed by atoms with Crippen molar-refractivity contribution in [3.63, 3.8) is 0 Å². The zero-order chi connectivity index (χ0) is 12.6. The molecule has 1 heterocycles. The first-order chi connectivity index (χ1) is 8.00. The molecule has 0 bridgehead atoms. The van der Waals surface area contributed by atoms with Crippen LogP contribution < -0.4 is 11.2 Å². The maximum absolute atomic E-state index is 11.4. The fourth-order valence-electron chi connectivity index (χ4n) is 1.59. The van der Waals surface area contributed by atoms with E-state index in [-0.39, 0.29) is 11.1 Å². The van der Waals surface area contributed by atoms with Crippen molar-refractivity contribution in [3.8, 4) is 5.69 Å². The third-order valence-corrected chi connectivity index (χ3v) is 3.27. The summed E-state index contributed by atoms with van der Waals surface area (Å²) >= 11 is 12.1. The summed E-state index contributed by atoms with van der Waals surface area (Å²) in [5.41, 5.74) is 7.02. The minimum absolute atomic E-state index is 0.173. The lowest BCUT2D eigenvalue weighted by Gasteiger charge is -2.13. The minimum Gasteiger partial charge on any atom is -0.394 e. The van der Waals surface area contributed by atoms with Crippen LogP contribution in [-0.2, 0) is 0 Å². The maximum atomic E-state index is 11.4. The second-order valence-electron chi connectivity index (χ2n) is 3.68. The van der Waals surface area contributed by atoms with Gasteiger partial charge >= 0.3 is 0 Å². The Kier molecular flexibility index (Phi) is 3.13. The molecule has 0 radical (unpaired) electrons. The van der Waals surface area contributed by atoms with Crippen LogP contribution in [0.4, 0.5) is 5.69 Å². The average Bonchev–Trinajstić information content (AvgIpc) is 2.28. The molecule has 1 aromatic carbocycles. The van der Waals surface area contributed by atoms with Crippen LogP contribution in [0.5, 0.6) is 0 Å². The fraction of sp³-hybridized carbons (Fsp3) is 0.0833. The number of anilines is 1. The number of aryl methyl sites for hydroxylation is 1. The van der Waals surface area contributed by atoms with E-state index in [1.165, 1.54) is 6.07 Å². The first-order valence-corrected chi connectivity index (χ1v) is 5.69. The first-order valence-electron chi connectivity index (χ1n) is 4.94. The van der Waals surface area contributed by atoms with E-state index in [9.17, 15) is 4.79 Å². The van der Waals surface area contributed by atoms with Crippen LogP contribution in [-0.4, -0.2) is 4.57 Å². The Balaban J connectivity index is 2.73. The number of hydrogen-bond acceptors (Lipinski definition) is 2. The van der Waals surface area contributed by atoms with Gasteiger partial charge in [0.1, 0.15) is 0 Å². The smallest absolute Gasteiger partial charge is 0.204 e. The van der Waals surface area contributed by atoms with Crippen LogP contribution in [0.3, 0.4) is 0 Å². The van der Waals surface area contributed by atoms with E-state index >= 15 is 0 Å². The molecule has 0 fully saturated rings. The number of nitrogens with zero attached hydrogens (tertiary/aromatic N) is 1. The van der Waals surface area contributed by atoms with Crippen molar-refractivity contribution < 1.29 is 0 Å². The Morgan fingerprint density at radius 3 is 2.71 bits per heavy atom. The lowest BCUT2D eigenvalue weighted by molar-refractivity contribution is 0.977. The topological polar surface area (TPSA) is 48.0 Å². The highest BCUT2D eigenvalue weighted by Gasteiger charge is 2.08. The average molecular weight is 269 g/mol. The van der Waals surface area contributed by atoms with Gasteiger partial charge in [-0.1, -0.05) is 29.3 Å². The molecular weight excluding hydrogens is 259 g/mol. The minimum atomic E-state index is -0.197. The number of halogens is 2. The van der Waals surface area contributed by atoms with Gasteiger partial charge in [0.25, 0.3) is 0 Å². The first kappa shape index (κ1) is 12.0. The highest BCUT2D eigenvalue weighted by atomic mass is 35.5. The third-order valence-electron chi connectivity index (χ3n) is 2.46. The van der Waals surface area contributed by atoms with Gasteiger partial charge in [-0.25, -0.2) is 0 Å². The molecule has 88 valence electrons. The number of benzene rings is 1. The maximum Gasteiger partial charge on any atom is 0.204 e. The summed E-state index contributed by atoms with van der Waals surface area (Å²) in [5.74, 6) is 0. The molecule has 0 aliphatic carbocycles. The molecular formula is C12H10Cl2N2O. The quantitative estimate of drug-likeness (QED) is 0.864. The van der Waals surface area contributed by atoms with Gasteiger partial charge in [0.05, 0.1) is 21.4 Å². The molecule has 0 spiro atoms. The Bertz CT molecular complexity index is 635. The molecule has 0 unspecified atom stereocenters. The lowest BCUT2D eigenvalue weighted by atomic mass is 10.2. The van der Waals surface area contributed by atoms with E-state index in [0.717, 1.165) is 5.69 Å². The zero-order valence-corrected chi connectivity index (χ0v) is 10.6. The number of hydrogen-bond donors (Lipinski definition) is 1.